The fourth-order valence-electron chi connectivity index (χ4n) is 3.69. The molecule has 1 aromatic heterocycles. The number of rotatable bonds is 8. The lowest BCUT2D eigenvalue weighted by Gasteiger charge is -2.11. The van der Waals surface area contributed by atoms with Crippen molar-refractivity contribution in [3.8, 4) is 17.0 Å². The number of nitrogens with zero attached hydrogens (tertiary/aromatic N) is 2. The summed E-state index contributed by atoms with van der Waals surface area (Å²) < 4.78 is 5.76. The average molecular weight is 486 g/mol. The Kier molecular flexibility index (Phi) is 7.78. The number of halogens is 1. The molecule has 5 nitrogen and oxygen atoms in total. The fraction of sp³-hybridized carbons (Fsp3) is 0.207. The van der Waals surface area contributed by atoms with Crippen molar-refractivity contribution in [1.29, 1.82) is 0 Å². The largest absolute Gasteiger partial charge is 0.493 e. The van der Waals surface area contributed by atoms with Gasteiger partial charge in [-0.2, -0.15) is 5.10 Å². The number of pyridine rings is 1. The smallest absolute Gasteiger partial charge is 0.272 e. The van der Waals surface area contributed by atoms with E-state index in [0.29, 0.717) is 46.1 Å². The van der Waals surface area contributed by atoms with Crippen LogP contribution in [-0.4, -0.2) is 23.2 Å². The number of hydrogen-bond acceptors (Lipinski definition) is 4. The predicted octanol–water partition coefficient (Wildman–Crippen LogP) is 7.13. The number of benzene rings is 3. The van der Waals surface area contributed by atoms with Crippen LogP contribution in [0.5, 0.6) is 5.75 Å². The zero-order chi connectivity index (χ0) is 24.8. The summed E-state index contributed by atoms with van der Waals surface area (Å²) in [6.45, 7) is 6.89. The second-order valence-corrected chi connectivity index (χ2v) is 9.05. The van der Waals surface area contributed by atoms with Gasteiger partial charge in [0, 0.05) is 10.9 Å². The third-order valence-corrected chi connectivity index (χ3v) is 5.81. The number of amides is 1. The van der Waals surface area contributed by atoms with Crippen LogP contribution in [0.4, 0.5) is 0 Å². The summed E-state index contributed by atoms with van der Waals surface area (Å²) in [6, 6.07) is 24.7. The highest BCUT2D eigenvalue weighted by atomic mass is 35.5. The van der Waals surface area contributed by atoms with Crippen molar-refractivity contribution in [3.63, 3.8) is 0 Å². The van der Waals surface area contributed by atoms with Crippen LogP contribution < -0.4 is 10.2 Å². The fourth-order valence-corrected chi connectivity index (χ4v) is 3.91. The first-order valence-electron chi connectivity index (χ1n) is 11.7. The Labute approximate surface area is 210 Å². The number of fused-ring (bicyclic) bond motifs is 1. The molecule has 4 aromatic rings. The maximum atomic E-state index is 13.3. The van der Waals surface area contributed by atoms with E-state index in [1.165, 1.54) is 0 Å². The Morgan fingerprint density at radius 3 is 2.46 bits per heavy atom. The molecule has 0 fully saturated rings. The number of nitrogens with one attached hydrogen (secondary N) is 1. The summed E-state index contributed by atoms with van der Waals surface area (Å²) >= 11 is 6.44. The van der Waals surface area contributed by atoms with E-state index in [1.54, 1.807) is 12.1 Å². The molecule has 1 amide bonds. The van der Waals surface area contributed by atoms with Crippen LogP contribution in [0.2, 0.25) is 5.02 Å². The lowest BCUT2D eigenvalue weighted by molar-refractivity contribution is 0.0956. The summed E-state index contributed by atoms with van der Waals surface area (Å²) in [6.07, 6.45) is 0.657. The first kappa shape index (κ1) is 24.4. The van der Waals surface area contributed by atoms with E-state index in [1.807, 2.05) is 73.7 Å². The van der Waals surface area contributed by atoms with Gasteiger partial charge < -0.3 is 4.74 Å². The number of ether oxygens (including phenoxy) is 1. The SMILES string of the molecule is CC/C(=N\NC(=O)c1cc(-c2ccccc2)nc2c(Cl)cccc12)c1ccc(OCC(C)C)cc1. The van der Waals surface area contributed by atoms with E-state index in [2.05, 4.69) is 24.4 Å². The molecule has 1 N–H and O–H groups in total. The van der Waals surface area contributed by atoms with Crippen LogP contribution in [0.25, 0.3) is 22.2 Å². The van der Waals surface area contributed by atoms with Crippen molar-refractivity contribution in [2.24, 2.45) is 11.0 Å². The van der Waals surface area contributed by atoms with Crippen LogP contribution in [-0.2, 0) is 0 Å². The maximum Gasteiger partial charge on any atom is 0.272 e. The molecule has 0 unspecified atom stereocenters. The summed E-state index contributed by atoms with van der Waals surface area (Å²) in [7, 11) is 0. The molecule has 0 aliphatic rings. The molecule has 178 valence electrons. The third-order valence-electron chi connectivity index (χ3n) is 5.50. The van der Waals surface area contributed by atoms with Gasteiger partial charge in [-0.3, -0.25) is 4.79 Å². The summed E-state index contributed by atoms with van der Waals surface area (Å²) in [4.78, 5) is 18.0. The van der Waals surface area contributed by atoms with E-state index in [9.17, 15) is 4.79 Å². The third kappa shape index (κ3) is 5.87. The van der Waals surface area contributed by atoms with E-state index in [-0.39, 0.29) is 5.91 Å². The Morgan fingerprint density at radius 1 is 1.03 bits per heavy atom. The molecule has 35 heavy (non-hydrogen) atoms. The summed E-state index contributed by atoms with van der Waals surface area (Å²) in [5, 5.41) is 5.62. The quantitative estimate of drug-likeness (QED) is 0.213. The monoisotopic (exact) mass is 485 g/mol. The molecular formula is C29H28ClN3O2. The van der Waals surface area contributed by atoms with Crippen molar-refractivity contribution in [1.82, 2.24) is 10.4 Å². The number of aromatic nitrogens is 1. The van der Waals surface area contributed by atoms with Gasteiger partial charge in [0.2, 0.25) is 0 Å². The number of carbonyl (C=O) groups excluding carboxylic acids is 1. The summed E-state index contributed by atoms with van der Waals surface area (Å²) in [5.74, 6) is 0.953. The Balaban J connectivity index is 1.63. The van der Waals surface area contributed by atoms with Gasteiger partial charge in [-0.15, -0.1) is 0 Å². The maximum absolute atomic E-state index is 13.3. The number of carbonyl (C=O) groups is 1. The molecule has 0 spiro atoms. The zero-order valence-electron chi connectivity index (χ0n) is 20.1. The predicted molar refractivity (Wildman–Crippen MR) is 143 cm³/mol. The van der Waals surface area contributed by atoms with Crippen molar-refractivity contribution in [2.75, 3.05) is 6.61 Å². The minimum atomic E-state index is -0.320. The van der Waals surface area contributed by atoms with Gasteiger partial charge in [0.05, 0.1) is 34.1 Å². The topological polar surface area (TPSA) is 63.6 Å². The molecule has 3 aromatic carbocycles. The number of hydrogen-bond donors (Lipinski definition) is 1. The van der Waals surface area contributed by atoms with Crippen molar-refractivity contribution < 1.29 is 9.53 Å². The van der Waals surface area contributed by atoms with Gasteiger partial charge in [0.25, 0.3) is 5.91 Å². The van der Waals surface area contributed by atoms with E-state index in [4.69, 9.17) is 21.3 Å². The molecule has 0 atom stereocenters. The van der Waals surface area contributed by atoms with Gasteiger partial charge >= 0.3 is 0 Å². The van der Waals surface area contributed by atoms with Crippen molar-refractivity contribution in [3.05, 3.63) is 95.0 Å². The summed E-state index contributed by atoms with van der Waals surface area (Å²) in [5.41, 5.74) is 7.06. The molecule has 1 heterocycles. The second kappa shape index (κ2) is 11.2. The second-order valence-electron chi connectivity index (χ2n) is 8.64. The molecule has 0 saturated heterocycles. The van der Waals surface area contributed by atoms with Crippen LogP contribution in [0.1, 0.15) is 43.1 Å². The minimum Gasteiger partial charge on any atom is -0.493 e. The minimum absolute atomic E-state index is 0.320. The first-order chi connectivity index (χ1) is 17.0. The molecule has 0 radical (unpaired) electrons. The van der Waals surface area contributed by atoms with Crippen molar-refractivity contribution >= 4 is 34.1 Å². The molecular weight excluding hydrogens is 458 g/mol. The van der Waals surface area contributed by atoms with E-state index < -0.39 is 0 Å². The van der Waals surface area contributed by atoms with Gasteiger partial charge in [0.15, 0.2) is 0 Å². The Hall–Kier alpha value is -3.70. The molecule has 0 aliphatic heterocycles. The van der Waals surface area contributed by atoms with Crippen molar-refractivity contribution in [2.45, 2.75) is 27.2 Å². The molecule has 6 heteroatoms. The van der Waals surface area contributed by atoms with Crippen LogP contribution in [0.15, 0.2) is 84.0 Å². The Bertz CT molecular complexity index is 1350. The zero-order valence-corrected chi connectivity index (χ0v) is 20.8. The molecule has 0 aliphatic carbocycles. The first-order valence-corrected chi connectivity index (χ1v) is 12.1. The van der Waals surface area contributed by atoms with E-state index >= 15 is 0 Å². The van der Waals surface area contributed by atoms with Crippen LogP contribution in [0, 0.1) is 5.92 Å². The number of hydrazone groups is 1. The van der Waals surface area contributed by atoms with E-state index in [0.717, 1.165) is 22.6 Å². The Morgan fingerprint density at radius 2 is 1.77 bits per heavy atom. The highest BCUT2D eigenvalue weighted by Gasteiger charge is 2.16. The van der Waals surface area contributed by atoms with Crippen LogP contribution >= 0.6 is 11.6 Å². The van der Waals surface area contributed by atoms with Gasteiger partial charge in [-0.1, -0.05) is 74.8 Å². The molecule has 0 bridgehead atoms. The standard InChI is InChI=1S/C29H28ClN3O2/c1-4-26(21-13-15-22(16-14-21)35-18-19(2)3)32-33-29(34)24-17-27(20-9-6-5-7-10-20)31-28-23(24)11-8-12-25(28)30/h5-17,19H,4,18H2,1-3H3,(H,33,34)/b32-26+. The van der Waals surface area contributed by atoms with Crippen LogP contribution in [0.3, 0.4) is 0 Å². The highest BCUT2D eigenvalue weighted by molar-refractivity contribution is 6.35. The molecule has 0 saturated carbocycles. The average Bonchev–Trinajstić information content (AvgIpc) is 2.88. The lowest BCUT2D eigenvalue weighted by Crippen LogP contribution is -2.20. The van der Waals surface area contributed by atoms with Gasteiger partial charge in [-0.25, -0.2) is 10.4 Å². The number of para-hydroxylation sites is 1. The van der Waals surface area contributed by atoms with Gasteiger partial charge in [-0.05, 0) is 54.3 Å². The normalized spacial score (nSPS) is 11.6. The highest BCUT2D eigenvalue weighted by Crippen LogP contribution is 2.29. The van der Waals surface area contributed by atoms with Gasteiger partial charge in [0.1, 0.15) is 5.75 Å². The lowest BCUT2D eigenvalue weighted by atomic mass is 10.0. The molecule has 4 rings (SSSR count).